The van der Waals surface area contributed by atoms with Crippen LogP contribution in [0, 0.1) is 13.8 Å². The minimum absolute atomic E-state index is 0.738. The molecular weight excluding hydrogens is 242 g/mol. The van der Waals surface area contributed by atoms with Crippen molar-refractivity contribution in [3.63, 3.8) is 0 Å². The Labute approximate surface area is 114 Å². The highest BCUT2D eigenvalue weighted by Crippen LogP contribution is 2.28. The maximum Gasteiger partial charge on any atom is 0.0900 e. The molecule has 1 N–H and O–H groups in total. The van der Waals surface area contributed by atoms with E-state index in [0.717, 1.165) is 18.6 Å². The molecule has 2 aliphatic heterocycles. The van der Waals surface area contributed by atoms with Gasteiger partial charge in [0.15, 0.2) is 0 Å². The third kappa shape index (κ3) is 2.46. The van der Waals surface area contributed by atoms with Crippen molar-refractivity contribution in [3.8, 4) is 0 Å². The number of hydrogen-bond acceptors (Lipinski definition) is 4. The second-order valence-corrected chi connectivity index (χ2v) is 6.91. The van der Waals surface area contributed by atoms with Crippen LogP contribution in [0.5, 0.6) is 0 Å². The van der Waals surface area contributed by atoms with Crippen LogP contribution in [-0.2, 0) is 6.54 Å². The van der Waals surface area contributed by atoms with E-state index < -0.39 is 0 Å². The van der Waals surface area contributed by atoms with Gasteiger partial charge in [-0.1, -0.05) is 0 Å². The summed E-state index contributed by atoms with van der Waals surface area (Å²) in [5.41, 5.74) is 1.24. The minimum atomic E-state index is 0.738. The molecule has 4 heteroatoms. The monoisotopic (exact) mass is 265 g/mol. The van der Waals surface area contributed by atoms with Gasteiger partial charge in [-0.15, -0.1) is 11.3 Å². The van der Waals surface area contributed by atoms with E-state index in [0.29, 0.717) is 0 Å². The molecular formula is C14H23N3S. The Morgan fingerprint density at radius 1 is 1.33 bits per heavy atom. The molecule has 0 spiro atoms. The zero-order valence-corrected chi connectivity index (χ0v) is 12.2. The number of hydrogen-bond donors (Lipinski definition) is 1. The van der Waals surface area contributed by atoms with Crippen molar-refractivity contribution in [1.82, 2.24) is 15.2 Å². The highest BCUT2D eigenvalue weighted by atomic mass is 32.1. The summed E-state index contributed by atoms with van der Waals surface area (Å²) in [6, 6.07) is 1.50. The molecule has 2 unspecified atom stereocenters. The highest BCUT2D eigenvalue weighted by molar-refractivity contribution is 7.11. The van der Waals surface area contributed by atoms with Gasteiger partial charge in [-0.3, -0.25) is 4.90 Å². The van der Waals surface area contributed by atoms with Crippen LogP contribution in [0.3, 0.4) is 0 Å². The van der Waals surface area contributed by atoms with E-state index in [2.05, 4.69) is 29.0 Å². The fourth-order valence-corrected chi connectivity index (χ4v) is 4.41. The molecule has 18 heavy (non-hydrogen) atoms. The van der Waals surface area contributed by atoms with Crippen LogP contribution in [0.1, 0.15) is 41.3 Å². The predicted octanol–water partition coefficient (Wildman–Crippen LogP) is 2.48. The fourth-order valence-electron chi connectivity index (χ4n) is 3.45. The summed E-state index contributed by atoms with van der Waals surface area (Å²) in [6.07, 6.45) is 5.45. The molecule has 1 aromatic rings. The van der Waals surface area contributed by atoms with Gasteiger partial charge in [0.2, 0.25) is 0 Å². The van der Waals surface area contributed by atoms with Crippen LogP contribution in [-0.4, -0.2) is 35.1 Å². The molecule has 2 atom stereocenters. The molecule has 0 aliphatic carbocycles. The lowest BCUT2D eigenvalue weighted by atomic mass is 10.0. The summed E-state index contributed by atoms with van der Waals surface area (Å²) in [5.74, 6) is 0. The van der Waals surface area contributed by atoms with Crippen LogP contribution < -0.4 is 5.32 Å². The standard InChI is InChI=1S/C14H23N3S/c1-10-14(18-11(2)16-10)9-17-8-4-6-13(17)12-5-3-7-15-12/h12-13,15H,3-9H2,1-2H3. The smallest absolute Gasteiger partial charge is 0.0900 e. The second kappa shape index (κ2) is 5.27. The van der Waals surface area contributed by atoms with E-state index in [1.807, 2.05) is 11.3 Å². The predicted molar refractivity (Wildman–Crippen MR) is 76.0 cm³/mol. The van der Waals surface area contributed by atoms with Crippen molar-refractivity contribution in [2.75, 3.05) is 13.1 Å². The van der Waals surface area contributed by atoms with E-state index in [1.54, 1.807) is 0 Å². The fraction of sp³-hybridized carbons (Fsp3) is 0.786. The van der Waals surface area contributed by atoms with Gasteiger partial charge in [0.1, 0.15) is 0 Å². The number of rotatable bonds is 3. The van der Waals surface area contributed by atoms with Gasteiger partial charge in [0.25, 0.3) is 0 Å². The van der Waals surface area contributed by atoms with Crippen LogP contribution in [0.2, 0.25) is 0 Å². The van der Waals surface area contributed by atoms with E-state index in [4.69, 9.17) is 0 Å². The number of thiazole rings is 1. The molecule has 3 nitrogen and oxygen atoms in total. The summed E-state index contributed by atoms with van der Waals surface area (Å²) >= 11 is 1.87. The van der Waals surface area contributed by atoms with Crippen molar-refractivity contribution >= 4 is 11.3 Å². The molecule has 0 bridgehead atoms. The van der Waals surface area contributed by atoms with Crippen molar-refractivity contribution in [2.45, 2.75) is 58.2 Å². The third-order valence-electron chi connectivity index (χ3n) is 4.32. The zero-order valence-electron chi connectivity index (χ0n) is 11.4. The van der Waals surface area contributed by atoms with Gasteiger partial charge in [-0.25, -0.2) is 4.98 Å². The lowest BCUT2D eigenvalue weighted by molar-refractivity contribution is 0.208. The second-order valence-electron chi connectivity index (χ2n) is 5.62. The zero-order chi connectivity index (χ0) is 12.5. The molecule has 0 amide bonds. The molecule has 0 aromatic carbocycles. The molecule has 100 valence electrons. The van der Waals surface area contributed by atoms with Crippen LogP contribution >= 0.6 is 11.3 Å². The normalized spacial score (nSPS) is 29.2. The number of aromatic nitrogens is 1. The SMILES string of the molecule is Cc1nc(C)c(CN2CCCC2C2CCCN2)s1. The molecule has 2 saturated heterocycles. The molecule has 2 fully saturated rings. The van der Waals surface area contributed by atoms with Gasteiger partial charge < -0.3 is 5.32 Å². The molecule has 3 rings (SSSR count). The molecule has 2 aliphatic rings. The number of likely N-dealkylation sites (tertiary alicyclic amines) is 1. The number of aryl methyl sites for hydroxylation is 2. The van der Waals surface area contributed by atoms with Crippen LogP contribution in [0.25, 0.3) is 0 Å². The number of nitrogens with one attached hydrogen (secondary N) is 1. The maximum absolute atomic E-state index is 4.55. The summed E-state index contributed by atoms with van der Waals surface area (Å²) < 4.78 is 0. The average molecular weight is 265 g/mol. The van der Waals surface area contributed by atoms with Crippen LogP contribution in [0.15, 0.2) is 0 Å². The van der Waals surface area contributed by atoms with E-state index in [9.17, 15) is 0 Å². The van der Waals surface area contributed by atoms with Crippen molar-refractivity contribution < 1.29 is 0 Å². The Balaban J connectivity index is 1.69. The Morgan fingerprint density at radius 3 is 2.89 bits per heavy atom. The number of nitrogens with zero attached hydrogens (tertiary/aromatic N) is 2. The van der Waals surface area contributed by atoms with Gasteiger partial charge in [0.05, 0.1) is 10.7 Å². The summed E-state index contributed by atoms with van der Waals surface area (Å²) in [6.45, 7) is 7.85. The van der Waals surface area contributed by atoms with E-state index in [1.165, 1.54) is 54.4 Å². The first kappa shape index (κ1) is 12.6. The van der Waals surface area contributed by atoms with Gasteiger partial charge >= 0.3 is 0 Å². The lowest BCUT2D eigenvalue weighted by Crippen LogP contribution is -2.43. The molecule has 0 saturated carbocycles. The molecule has 1 aromatic heterocycles. The summed E-state index contributed by atoms with van der Waals surface area (Å²) in [7, 11) is 0. The maximum atomic E-state index is 4.55. The van der Waals surface area contributed by atoms with Gasteiger partial charge in [0, 0.05) is 23.5 Å². The van der Waals surface area contributed by atoms with Crippen molar-refractivity contribution in [3.05, 3.63) is 15.6 Å². The van der Waals surface area contributed by atoms with Gasteiger partial charge in [-0.05, 0) is 52.6 Å². The van der Waals surface area contributed by atoms with E-state index >= 15 is 0 Å². The Hall–Kier alpha value is -0.450. The first-order valence-electron chi connectivity index (χ1n) is 7.14. The average Bonchev–Trinajstić information content (AvgIpc) is 3.01. The Kier molecular flexibility index (Phi) is 3.68. The van der Waals surface area contributed by atoms with Crippen LogP contribution in [0.4, 0.5) is 0 Å². The first-order chi connectivity index (χ1) is 8.74. The molecule has 3 heterocycles. The van der Waals surface area contributed by atoms with Gasteiger partial charge in [-0.2, -0.15) is 0 Å². The Bertz CT molecular complexity index is 409. The topological polar surface area (TPSA) is 28.2 Å². The Morgan fingerprint density at radius 2 is 2.22 bits per heavy atom. The third-order valence-corrected chi connectivity index (χ3v) is 5.38. The summed E-state index contributed by atoms with van der Waals surface area (Å²) in [4.78, 5) is 8.71. The first-order valence-corrected chi connectivity index (χ1v) is 7.96. The van der Waals surface area contributed by atoms with Crippen molar-refractivity contribution in [1.29, 1.82) is 0 Å². The van der Waals surface area contributed by atoms with E-state index in [-0.39, 0.29) is 0 Å². The largest absolute Gasteiger partial charge is 0.312 e. The highest BCUT2D eigenvalue weighted by Gasteiger charge is 2.33. The molecule has 0 radical (unpaired) electrons. The lowest BCUT2D eigenvalue weighted by Gasteiger charge is -2.29. The quantitative estimate of drug-likeness (QED) is 0.910. The van der Waals surface area contributed by atoms with Crippen molar-refractivity contribution in [2.24, 2.45) is 0 Å². The summed E-state index contributed by atoms with van der Waals surface area (Å²) in [5, 5.41) is 4.89. The minimum Gasteiger partial charge on any atom is -0.312 e.